The third kappa shape index (κ3) is 5.28. The second-order valence-corrected chi connectivity index (χ2v) is 5.90. The van der Waals surface area contributed by atoms with Crippen LogP contribution in [0.1, 0.15) is 44.1 Å². The van der Waals surface area contributed by atoms with Gasteiger partial charge in [0.15, 0.2) is 0 Å². The summed E-state index contributed by atoms with van der Waals surface area (Å²) in [6.07, 6.45) is 3.33. The monoisotopic (exact) mass is 305 g/mol. The SMILES string of the molecule is CC(CCc1cccc(F)c1)NC(C)CC(O)c1ccco1. The van der Waals surface area contributed by atoms with Gasteiger partial charge in [0.2, 0.25) is 0 Å². The molecule has 0 aliphatic rings. The minimum absolute atomic E-state index is 0.169. The average Bonchev–Trinajstić information content (AvgIpc) is 2.99. The van der Waals surface area contributed by atoms with Crippen LogP contribution < -0.4 is 5.32 Å². The molecule has 1 aromatic carbocycles. The van der Waals surface area contributed by atoms with Gasteiger partial charge in [0.1, 0.15) is 17.7 Å². The topological polar surface area (TPSA) is 45.4 Å². The smallest absolute Gasteiger partial charge is 0.132 e. The quantitative estimate of drug-likeness (QED) is 0.779. The molecule has 3 nitrogen and oxygen atoms in total. The van der Waals surface area contributed by atoms with Gasteiger partial charge in [-0.25, -0.2) is 4.39 Å². The lowest BCUT2D eigenvalue weighted by Crippen LogP contribution is -2.35. The Hall–Kier alpha value is -1.65. The van der Waals surface area contributed by atoms with Crippen molar-refractivity contribution in [3.63, 3.8) is 0 Å². The molecule has 2 N–H and O–H groups in total. The second-order valence-electron chi connectivity index (χ2n) is 5.90. The molecule has 0 aliphatic carbocycles. The van der Waals surface area contributed by atoms with Gasteiger partial charge in [0.05, 0.1) is 6.26 Å². The molecule has 0 saturated carbocycles. The molecule has 2 rings (SSSR count). The van der Waals surface area contributed by atoms with Crippen molar-refractivity contribution in [1.29, 1.82) is 0 Å². The Morgan fingerprint density at radius 3 is 2.68 bits per heavy atom. The van der Waals surface area contributed by atoms with E-state index in [0.717, 1.165) is 18.4 Å². The third-order valence-electron chi connectivity index (χ3n) is 3.77. The molecule has 22 heavy (non-hydrogen) atoms. The summed E-state index contributed by atoms with van der Waals surface area (Å²) < 4.78 is 18.3. The highest BCUT2D eigenvalue weighted by molar-refractivity contribution is 5.16. The highest BCUT2D eigenvalue weighted by Crippen LogP contribution is 2.19. The molecular formula is C18H24FNO2. The number of hydrogen-bond acceptors (Lipinski definition) is 3. The van der Waals surface area contributed by atoms with E-state index in [9.17, 15) is 9.50 Å². The molecule has 3 atom stereocenters. The number of halogens is 1. The summed E-state index contributed by atoms with van der Waals surface area (Å²) in [7, 11) is 0. The zero-order valence-corrected chi connectivity index (χ0v) is 13.1. The van der Waals surface area contributed by atoms with E-state index in [-0.39, 0.29) is 11.9 Å². The summed E-state index contributed by atoms with van der Waals surface area (Å²) >= 11 is 0. The van der Waals surface area contributed by atoms with Gasteiger partial charge < -0.3 is 14.8 Å². The lowest BCUT2D eigenvalue weighted by atomic mass is 10.0. The van der Waals surface area contributed by atoms with Gasteiger partial charge in [0.25, 0.3) is 0 Å². The van der Waals surface area contributed by atoms with E-state index < -0.39 is 6.10 Å². The minimum atomic E-state index is -0.590. The third-order valence-corrected chi connectivity index (χ3v) is 3.77. The van der Waals surface area contributed by atoms with E-state index in [1.807, 2.05) is 13.0 Å². The number of hydrogen-bond donors (Lipinski definition) is 2. The lowest BCUT2D eigenvalue weighted by Gasteiger charge is -2.21. The van der Waals surface area contributed by atoms with Gasteiger partial charge in [-0.15, -0.1) is 0 Å². The molecule has 1 aromatic heterocycles. The summed E-state index contributed by atoms with van der Waals surface area (Å²) in [4.78, 5) is 0. The Balaban J connectivity index is 1.73. The standard InChI is InChI=1S/C18H24FNO2/c1-13(8-9-15-5-3-6-16(19)12-15)20-14(2)11-17(21)18-7-4-10-22-18/h3-7,10,12-14,17,20-21H,8-9,11H2,1-2H3. The predicted molar refractivity (Wildman–Crippen MR) is 85.1 cm³/mol. The zero-order valence-electron chi connectivity index (χ0n) is 13.1. The van der Waals surface area contributed by atoms with Crippen molar-refractivity contribution < 1.29 is 13.9 Å². The van der Waals surface area contributed by atoms with Crippen LogP contribution in [0, 0.1) is 5.82 Å². The highest BCUT2D eigenvalue weighted by atomic mass is 19.1. The van der Waals surface area contributed by atoms with Crippen molar-refractivity contribution in [2.24, 2.45) is 0 Å². The van der Waals surface area contributed by atoms with Crippen molar-refractivity contribution in [3.05, 3.63) is 59.8 Å². The number of rotatable bonds is 8. The Labute approximate surface area is 131 Å². The van der Waals surface area contributed by atoms with Gasteiger partial charge >= 0.3 is 0 Å². The largest absolute Gasteiger partial charge is 0.467 e. The number of aliphatic hydroxyl groups excluding tert-OH is 1. The van der Waals surface area contributed by atoms with Crippen molar-refractivity contribution in [1.82, 2.24) is 5.32 Å². The second kappa shape index (κ2) is 8.11. The first-order chi connectivity index (χ1) is 10.5. The average molecular weight is 305 g/mol. The van der Waals surface area contributed by atoms with Crippen LogP contribution in [0.15, 0.2) is 47.1 Å². The van der Waals surface area contributed by atoms with Crippen molar-refractivity contribution in [2.45, 2.75) is 51.3 Å². The van der Waals surface area contributed by atoms with Crippen LogP contribution in [-0.2, 0) is 6.42 Å². The number of furan rings is 1. The molecule has 0 spiro atoms. The highest BCUT2D eigenvalue weighted by Gasteiger charge is 2.16. The molecule has 3 unspecified atom stereocenters. The van der Waals surface area contributed by atoms with Crippen LogP contribution >= 0.6 is 0 Å². The number of aliphatic hydroxyl groups is 1. The Bertz CT molecular complexity index is 556. The first kappa shape index (κ1) is 16.7. The first-order valence-corrected chi connectivity index (χ1v) is 7.76. The molecule has 0 radical (unpaired) electrons. The summed E-state index contributed by atoms with van der Waals surface area (Å²) in [5, 5.41) is 13.5. The van der Waals surface area contributed by atoms with Crippen molar-refractivity contribution in [3.8, 4) is 0 Å². The molecule has 0 saturated heterocycles. The van der Waals surface area contributed by atoms with Crippen LogP contribution in [0.2, 0.25) is 0 Å². The molecule has 0 fully saturated rings. The molecular weight excluding hydrogens is 281 g/mol. The zero-order chi connectivity index (χ0) is 15.9. The molecule has 4 heteroatoms. The van der Waals surface area contributed by atoms with E-state index >= 15 is 0 Å². The van der Waals surface area contributed by atoms with Crippen LogP contribution in [0.3, 0.4) is 0 Å². The Morgan fingerprint density at radius 2 is 2.00 bits per heavy atom. The molecule has 120 valence electrons. The van der Waals surface area contributed by atoms with Gasteiger partial charge in [0, 0.05) is 12.1 Å². The molecule has 0 amide bonds. The number of aryl methyl sites for hydroxylation is 1. The summed E-state index contributed by atoms with van der Waals surface area (Å²) in [5.41, 5.74) is 1.01. The molecule has 0 aliphatic heterocycles. The number of nitrogens with one attached hydrogen (secondary N) is 1. The fourth-order valence-corrected chi connectivity index (χ4v) is 2.64. The normalized spacial score (nSPS) is 15.5. The Morgan fingerprint density at radius 1 is 1.18 bits per heavy atom. The van der Waals surface area contributed by atoms with Crippen LogP contribution in [0.4, 0.5) is 4.39 Å². The maximum absolute atomic E-state index is 13.1. The summed E-state index contributed by atoms with van der Waals surface area (Å²) in [6, 6.07) is 10.7. The lowest BCUT2D eigenvalue weighted by molar-refractivity contribution is 0.127. The van der Waals surface area contributed by atoms with E-state index in [0.29, 0.717) is 18.2 Å². The van der Waals surface area contributed by atoms with Gasteiger partial charge in [-0.05, 0) is 62.9 Å². The van der Waals surface area contributed by atoms with Gasteiger partial charge in [-0.1, -0.05) is 12.1 Å². The van der Waals surface area contributed by atoms with E-state index in [4.69, 9.17) is 4.42 Å². The summed E-state index contributed by atoms with van der Waals surface area (Å²) in [6.45, 7) is 4.15. The Kier molecular flexibility index (Phi) is 6.16. The van der Waals surface area contributed by atoms with E-state index in [1.54, 1.807) is 30.5 Å². The molecule has 1 heterocycles. The molecule has 2 aromatic rings. The van der Waals surface area contributed by atoms with Gasteiger partial charge in [-0.2, -0.15) is 0 Å². The minimum Gasteiger partial charge on any atom is -0.467 e. The van der Waals surface area contributed by atoms with Crippen molar-refractivity contribution >= 4 is 0 Å². The van der Waals surface area contributed by atoms with Crippen molar-refractivity contribution in [2.75, 3.05) is 0 Å². The van der Waals surface area contributed by atoms with Gasteiger partial charge in [-0.3, -0.25) is 0 Å². The van der Waals surface area contributed by atoms with E-state index in [1.165, 1.54) is 6.07 Å². The fraction of sp³-hybridized carbons (Fsp3) is 0.444. The number of benzene rings is 1. The fourth-order valence-electron chi connectivity index (χ4n) is 2.64. The maximum Gasteiger partial charge on any atom is 0.132 e. The van der Waals surface area contributed by atoms with Crippen LogP contribution in [0.5, 0.6) is 0 Å². The predicted octanol–water partition coefficient (Wildman–Crippen LogP) is 3.84. The molecule has 0 bridgehead atoms. The van der Waals surface area contributed by atoms with Crippen LogP contribution in [-0.4, -0.2) is 17.2 Å². The van der Waals surface area contributed by atoms with Crippen LogP contribution in [0.25, 0.3) is 0 Å². The maximum atomic E-state index is 13.1. The summed E-state index contributed by atoms with van der Waals surface area (Å²) in [5.74, 6) is 0.411. The first-order valence-electron chi connectivity index (χ1n) is 7.76. The van der Waals surface area contributed by atoms with E-state index in [2.05, 4.69) is 12.2 Å².